The van der Waals surface area contributed by atoms with Crippen molar-refractivity contribution in [3.05, 3.63) is 35.4 Å². The maximum atomic E-state index is 12.5. The fourth-order valence-electron chi connectivity index (χ4n) is 2.62. The molecule has 1 saturated heterocycles. The van der Waals surface area contributed by atoms with Crippen molar-refractivity contribution in [3.8, 4) is 0 Å². The maximum absolute atomic E-state index is 12.5. The Balaban J connectivity index is 0.00000128. The van der Waals surface area contributed by atoms with Crippen molar-refractivity contribution in [2.45, 2.75) is 39.2 Å². The molecule has 2 heterocycles. The van der Waals surface area contributed by atoms with Crippen molar-refractivity contribution in [3.63, 3.8) is 0 Å². The first kappa shape index (κ1) is 21.1. The summed E-state index contributed by atoms with van der Waals surface area (Å²) >= 11 is 5.28. The third-order valence-electron chi connectivity index (χ3n) is 3.60. The number of thiocarbonyl (C=S) groups is 1. The largest absolute Gasteiger partial charge is 0.295 e. The summed E-state index contributed by atoms with van der Waals surface area (Å²) in [5.74, 6) is -1.01. The molecule has 0 spiro atoms. The molecular weight excluding hydrogens is 522 g/mol. The number of hydrogen-bond acceptors (Lipinski definition) is 4. The molecule has 0 aliphatic carbocycles. The Morgan fingerprint density at radius 3 is 2.52 bits per heavy atom. The van der Waals surface area contributed by atoms with Gasteiger partial charge in [-0.2, -0.15) is 0 Å². The van der Waals surface area contributed by atoms with E-state index in [9.17, 15) is 14.4 Å². The van der Waals surface area contributed by atoms with Crippen molar-refractivity contribution in [1.82, 2.24) is 10.2 Å². The maximum Gasteiger partial charge on any atom is 0.259 e. The molecule has 1 aromatic rings. The van der Waals surface area contributed by atoms with Gasteiger partial charge in [-0.1, -0.05) is 44.3 Å². The Kier molecular flexibility index (Phi) is 8.71. The zero-order valence-corrected chi connectivity index (χ0v) is 16.5. The molecule has 23 heavy (non-hydrogen) atoms. The second-order valence-corrected chi connectivity index (χ2v) is 5.34. The summed E-state index contributed by atoms with van der Waals surface area (Å²) in [7, 11) is 0. The van der Waals surface area contributed by atoms with Gasteiger partial charge in [-0.15, -0.1) is 0 Å². The summed E-state index contributed by atoms with van der Waals surface area (Å²) in [5.41, 5.74) is 1.46. The standard InChI is InChI=1S/C14H12N2O3S.C2H6.Rn.H2/c17-11-6-5-10(13(18)15-11)16-12(20)7-8-3-1-2-4-9(8)14(16)19;1-2;;/h1-4,10H,5-7H2,(H,15,17,18);1-2H3;;1H. The van der Waals surface area contributed by atoms with E-state index in [-0.39, 0.29) is 91.5 Å². The van der Waals surface area contributed by atoms with Crippen LogP contribution in [-0.4, -0.2) is 33.7 Å². The number of carbonyl (C=O) groups excluding carboxylic acids is 3. The summed E-state index contributed by atoms with van der Waals surface area (Å²) in [6, 6.07) is 6.56. The average Bonchev–Trinajstić information content (AvgIpc) is 2.51. The molecule has 0 bridgehead atoms. The number of piperidine rings is 1. The number of nitrogens with one attached hydrogen (secondary N) is 1. The van der Waals surface area contributed by atoms with E-state index in [2.05, 4.69) is 5.32 Å². The molecule has 3 amide bonds. The topological polar surface area (TPSA) is 66.5 Å². The number of imide groups is 1. The van der Waals surface area contributed by atoms with Crippen LogP contribution in [0.4, 0.5) is 0 Å². The van der Waals surface area contributed by atoms with Crippen molar-refractivity contribution in [2.24, 2.45) is 0 Å². The van der Waals surface area contributed by atoms with Gasteiger partial charge in [0, 0.05) is 91.7 Å². The van der Waals surface area contributed by atoms with E-state index in [0.29, 0.717) is 23.4 Å². The van der Waals surface area contributed by atoms with Crippen LogP contribution in [0.25, 0.3) is 0 Å². The minimum atomic E-state index is -0.680. The average molecular weight is 542 g/mol. The Hall–Kier alpha value is 0.0369. The number of fused-ring (bicyclic) bond motifs is 1. The molecule has 7 heteroatoms. The van der Waals surface area contributed by atoms with Crippen molar-refractivity contribution < 1.29 is 87.7 Å². The van der Waals surface area contributed by atoms with Gasteiger partial charge in [-0.3, -0.25) is 24.6 Å². The van der Waals surface area contributed by atoms with E-state index in [1.807, 2.05) is 26.0 Å². The minimum absolute atomic E-state index is 0. The SMILES string of the molecule is CC.O=C1CCC(N2C(=O)c3ccccc3CC2=S)C(=O)N1.[HH].[Rn]. The van der Waals surface area contributed by atoms with Gasteiger partial charge in [0.2, 0.25) is 11.8 Å². The van der Waals surface area contributed by atoms with E-state index >= 15 is 0 Å². The first-order chi connectivity index (χ1) is 10.6. The minimum Gasteiger partial charge on any atom is -0.295 e. The number of carbonyl (C=O) groups is 3. The van der Waals surface area contributed by atoms with Crippen LogP contribution in [0, 0.1) is 71.9 Å². The predicted octanol–water partition coefficient (Wildman–Crippen LogP) is 2.09. The van der Waals surface area contributed by atoms with Gasteiger partial charge < -0.3 is 0 Å². The molecule has 1 aromatic carbocycles. The van der Waals surface area contributed by atoms with Gasteiger partial charge in [0.15, 0.2) is 0 Å². The molecule has 1 N–H and O–H groups in total. The quantitative estimate of drug-likeness (QED) is 0.436. The second-order valence-electron chi connectivity index (χ2n) is 4.87. The third kappa shape index (κ3) is 4.56. The molecule has 2 aliphatic heterocycles. The van der Waals surface area contributed by atoms with Crippen LogP contribution in [0.2, 0.25) is 0 Å². The fourth-order valence-corrected chi connectivity index (χ4v) is 2.98. The predicted molar refractivity (Wildman–Crippen MR) is 88.5 cm³/mol. The smallest absolute Gasteiger partial charge is 0.259 e. The van der Waals surface area contributed by atoms with Crippen LogP contribution in [0.15, 0.2) is 24.3 Å². The number of benzene rings is 1. The van der Waals surface area contributed by atoms with Crippen molar-refractivity contribution in [2.75, 3.05) is 0 Å². The van der Waals surface area contributed by atoms with Crippen LogP contribution in [0.1, 0.15) is 44.0 Å². The summed E-state index contributed by atoms with van der Waals surface area (Å²) in [5, 5.41) is 2.26. The molecular formula is C16H20N2O3RnS. The summed E-state index contributed by atoms with van der Waals surface area (Å²) in [6.45, 7) is 4.00. The zero-order chi connectivity index (χ0) is 16.3. The van der Waals surface area contributed by atoms with Crippen LogP contribution >= 0.6 is 12.2 Å². The van der Waals surface area contributed by atoms with Gasteiger partial charge in [-0.25, -0.2) is 0 Å². The zero-order valence-electron chi connectivity index (χ0n) is 12.9. The monoisotopic (exact) mass is 542 g/mol. The Morgan fingerprint density at radius 2 is 1.87 bits per heavy atom. The number of amides is 3. The van der Waals surface area contributed by atoms with Crippen molar-refractivity contribution in [1.29, 1.82) is 0 Å². The van der Waals surface area contributed by atoms with Gasteiger partial charge >= 0.3 is 0 Å². The molecule has 0 aromatic heterocycles. The fraction of sp³-hybridized carbons (Fsp3) is 0.375. The van der Waals surface area contributed by atoms with E-state index in [1.54, 1.807) is 12.1 Å². The van der Waals surface area contributed by atoms with Crippen LogP contribution < -0.4 is 5.32 Å². The Labute approximate surface area is 204 Å². The first-order valence-electron chi connectivity index (χ1n) is 7.36. The van der Waals surface area contributed by atoms with Crippen LogP contribution in [0.3, 0.4) is 0 Å². The molecule has 126 valence electrons. The van der Waals surface area contributed by atoms with Gasteiger partial charge in [0.05, 0.1) is 4.99 Å². The number of rotatable bonds is 1. The third-order valence-corrected chi connectivity index (χ3v) is 3.94. The molecule has 0 saturated carbocycles. The molecule has 5 nitrogen and oxygen atoms in total. The van der Waals surface area contributed by atoms with Crippen LogP contribution in [-0.2, 0) is 16.0 Å². The summed E-state index contributed by atoms with van der Waals surface area (Å²) in [4.78, 5) is 37.4. The van der Waals surface area contributed by atoms with E-state index in [1.165, 1.54) is 4.90 Å². The van der Waals surface area contributed by atoms with Crippen molar-refractivity contribution >= 4 is 34.9 Å². The van der Waals surface area contributed by atoms with E-state index in [0.717, 1.165) is 5.56 Å². The summed E-state index contributed by atoms with van der Waals surface area (Å²) in [6.07, 6.45) is 1.01. The van der Waals surface area contributed by atoms with Crippen LogP contribution in [0.5, 0.6) is 0 Å². The molecule has 1 unspecified atom stereocenters. The number of nitrogens with zero attached hydrogens (tertiary/aromatic N) is 1. The Morgan fingerprint density at radius 1 is 1.22 bits per heavy atom. The summed E-state index contributed by atoms with van der Waals surface area (Å²) < 4.78 is 0. The normalized spacial score (nSPS) is 19.9. The first-order valence-corrected chi connectivity index (χ1v) is 7.77. The van der Waals surface area contributed by atoms with Gasteiger partial charge in [-0.05, 0) is 18.1 Å². The molecule has 2 aliphatic rings. The van der Waals surface area contributed by atoms with Gasteiger partial charge in [0.1, 0.15) is 6.04 Å². The second kappa shape index (κ2) is 9.50. The molecule has 1 fully saturated rings. The molecule has 3 rings (SSSR count). The van der Waals surface area contributed by atoms with E-state index < -0.39 is 11.9 Å². The van der Waals surface area contributed by atoms with Gasteiger partial charge in [0.25, 0.3) is 5.91 Å². The molecule has 0 radical (unpaired) electrons. The van der Waals surface area contributed by atoms with E-state index in [4.69, 9.17) is 12.2 Å². The Bertz CT molecular complexity index is 654. The number of hydrogen-bond donors (Lipinski definition) is 1. The molecule has 1 atom stereocenters.